The Balaban J connectivity index is 2.17. The Morgan fingerprint density at radius 2 is 2.11 bits per heavy atom. The molecule has 0 aromatic carbocycles. The van der Waals surface area contributed by atoms with Crippen LogP contribution in [0, 0.1) is 10.1 Å². The maximum Gasteiger partial charge on any atom is 0.313 e. The summed E-state index contributed by atoms with van der Waals surface area (Å²) in [6.07, 6.45) is 7.25. The molecule has 0 fully saturated rings. The Labute approximate surface area is 117 Å². The van der Waals surface area contributed by atoms with Crippen molar-refractivity contribution in [1.29, 1.82) is 0 Å². The molecule has 0 aliphatic heterocycles. The normalized spacial score (nSPS) is 14.2. The highest BCUT2D eigenvalue weighted by molar-refractivity contribution is 9.10. The molecule has 6 nitrogen and oxygen atoms in total. The summed E-state index contributed by atoms with van der Waals surface area (Å²) in [5, 5.41) is 11.1. The van der Waals surface area contributed by atoms with Crippen molar-refractivity contribution in [3.63, 3.8) is 0 Å². The fraction of sp³-hybridized carbons (Fsp3) is 0.333. The summed E-state index contributed by atoms with van der Waals surface area (Å²) >= 11 is 3.21. The summed E-state index contributed by atoms with van der Waals surface area (Å²) in [5.74, 6) is 0.337. The summed E-state index contributed by atoms with van der Waals surface area (Å²) in [6, 6.07) is 1.47. The highest BCUT2D eigenvalue weighted by Crippen LogP contribution is 2.28. The Morgan fingerprint density at radius 1 is 1.32 bits per heavy atom. The van der Waals surface area contributed by atoms with Crippen LogP contribution in [-0.4, -0.2) is 19.5 Å². The lowest BCUT2D eigenvalue weighted by Gasteiger charge is -2.13. The van der Waals surface area contributed by atoms with Crippen molar-refractivity contribution in [2.75, 3.05) is 0 Å². The van der Waals surface area contributed by atoms with E-state index in [0.29, 0.717) is 10.3 Å². The minimum Gasteiger partial charge on any atom is -0.281 e. The number of pyridine rings is 1. The Kier molecular flexibility index (Phi) is 3.06. The maximum absolute atomic E-state index is 11.1. The van der Waals surface area contributed by atoms with Gasteiger partial charge in [0, 0.05) is 22.4 Å². The quantitative estimate of drug-likeness (QED) is 0.629. The van der Waals surface area contributed by atoms with E-state index >= 15 is 0 Å². The zero-order chi connectivity index (χ0) is 13.4. The van der Waals surface area contributed by atoms with Gasteiger partial charge in [-0.05, 0) is 41.6 Å². The third-order valence-corrected chi connectivity index (χ3v) is 3.70. The molecule has 0 spiro atoms. The van der Waals surface area contributed by atoms with Crippen LogP contribution in [0.3, 0.4) is 0 Å². The predicted molar refractivity (Wildman–Crippen MR) is 72.4 cm³/mol. The number of hydrogen-bond donors (Lipinski definition) is 0. The van der Waals surface area contributed by atoms with Crippen molar-refractivity contribution in [3.8, 4) is 5.82 Å². The molecule has 0 N–H and O–H groups in total. The molecule has 0 saturated heterocycles. The number of hydrogen-bond acceptors (Lipinski definition) is 4. The van der Waals surface area contributed by atoms with E-state index in [4.69, 9.17) is 0 Å². The summed E-state index contributed by atoms with van der Waals surface area (Å²) in [5.41, 5.74) is 2.06. The van der Waals surface area contributed by atoms with Gasteiger partial charge < -0.3 is 0 Å². The fourth-order valence-electron chi connectivity index (χ4n) is 2.39. The molecule has 0 radical (unpaired) electrons. The van der Waals surface area contributed by atoms with Crippen molar-refractivity contribution in [2.45, 2.75) is 25.7 Å². The number of fused-ring (bicyclic) bond motifs is 1. The molecule has 2 heterocycles. The van der Waals surface area contributed by atoms with Gasteiger partial charge in [-0.15, -0.1) is 0 Å². The van der Waals surface area contributed by atoms with Gasteiger partial charge in [-0.25, -0.2) is 9.97 Å². The third kappa shape index (κ3) is 2.14. The smallest absolute Gasteiger partial charge is 0.281 e. The summed E-state index contributed by atoms with van der Waals surface area (Å²) < 4.78 is 2.34. The van der Waals surface area contributed by atoms with Crippen molar-refractivity contribution in [2.24, 2.45) is 0 Å². The van der Waals surface area contributed by atoms with Gasteiger partial charge in [0.05, 0.1) is 10.6 Å². The molecule has 0 atom stereocenters. The van der Waals surface area contributed by atoms with Gasteiger partial charge in [0.15, 0.2) is 0 Å². The van der Waals surface area contributed by atoms with Crippen LogP contribution in [0.4, 0.5) is 5.69 Å². The molecule has 0 unspecified atom stereocenters. The highest BCUT2D eigenvalue weighted by Gasteiger charge is 2.23. The Hall–Kier alpha value is -1.76. The van der Waals surface area contributed by atoms with Gasteiger partial charge in [-0.2, -0.15) is 0 Å². The first-order valence-corrected chi connectivity index (χ1v) is 6.81. The van der Waals surface area contributed by atoms with E-state index < -0.39 is 4.92 Å². The zero-order valence-electron chi connectivity index (χ0n) is 10.0. The average molecular weight is 323 g/mol. The number of nitrogens with zero attached hydrogens (tertiary/aromatic N) is 4. The van der Waals surface area contributed by atoms with Gasteiger partial charge in [0.2, 0.25) is 5.82 Å². The summed E-state index contributed by atoms with van der Waals surface area (Å²) in [4.78, 5) is 19.3. The zero-order valence-corrected chi connectivity index (χ0v) is 11.6. The SMILES string of the molecule is O=[N+]([O-])c1cc(Br)cnc1-n1cnc2c1CCCC2. The fourth-order valence-corrected chi connectivity index (χ4v) is 2.71. The van der Waals surface area contributed by atoms with E-state index in [9.17, 15) is 10.1 Å². The first-order chi connectivity index (χ1) is 9.16. The van der Waals surface area contributed by atoms with Gasteiger partial charge in [-0.3, -0.25) is 14.7 Å². The van der Waals surface area contributed by atoms with E-state index in [1.165, 1.54) is 6.07 Å². The minimum atomic E-state index is -0.414. The van der Waals surface area contributed by atoms with Crippen molar-refractivity contribution in [1.82, 2.24) is 14.5 Å². The van der Waals surface area contributed by atoms with Crippen LogP contribution in [0.25, 0.3) is 5.82 Å². The standard InChI is InChI=1S/C12H11BrN4O2/c13-8-5-11(17(18)19)12(14-6-8)16-7-15-9-3-1-2-4-10(9)16/h5-7H,1-4H2. The van der Waals surface area contributed by atoms with Gasteiger partial charge in [-0.1, -0.05) is 0 Å². The molecule has 0 amide bonds. The Bertz CT molecular complexity index is 653. The van der Waals surface area contributed by atoms with Crippen molar-refractivity contribution >= 4 is 21.6 Å². The lowest BCUT2D eigenvalue weighted by atomic mass is 10.0. The number of halogens is 1. The van der Waals surface area contributed by atoms with Crippen molar-refractivity contribution < 1.29 is 4.92 Å². The molecular weight excluding hydrogens is 312 g/mol. The minimum absolute atomic E-state index is 0.0138. The largest absolute Gasteiger partial charge is 0.313 e. The van der Waals surface area contributed by atoms with Crippen LogP contribution < -0.4 is 0 Å². The first-order valence-electron chi connectivity index (χ1n) is 6.02. The van der Waals surface area contributed by atoms with E-state index in [-0.39, 0.29) is 5.69 Å². The number of rotatable bonds is 2. The molecular formula is C12H11BrN4O2. The number of nitro groups is 1. The molecule has 2 aromatic rings. The average Bonchev–Trinajstić information content (AvgIpc) is 2.82. The number of aromatic nitrogens is 3. The van der Waals surface area contributed by atoms with Crippen LogP contribution >= 0.6 is 15.9 Å². The van der Waals surface area contributed by atoms with Crippen LogP contribution in [0.15, 0.2) is 23.1 Å². The van der Waals surface area contributed by atoms with Crippen LogP contribution in [-0.2, 0) is 12.8 Å². The number of imidazole rings is 1. The van der Waals surface area contributed by atoms with E-state index in [1.807, 2.05) is 0 Å². The molecule has 0 saturated carbocycles. The molecule has 3 rings (SSSR count). The van der Waals surface area contributed by atoms with Gasteiger partial charge >= 0.3 is 5.69 Å². The number of aryl methyl sites for hydroxylation is 1. The molecule has 98 valence electrons. The predicted octanol–water partition coefficient (Wildman–Crippen LogP) is 2.82. The van der Waals surface area contributed by atoms with E-state index in [1.54, 1.807) is 17.1 Å². The van der Waals surface area contributed by atoms with E-state index in [0.717, 1.165) is 37.1 Å². The summed E-state index contributed by atoms with van der Waals surface area (Å²) in [6.45, 7) is 0. The second kappa shape index (κ2) is 4.73. The van der Waals surface area contributed by atoms with Crippen molar-refractivity contribution in [3.05, 3.63) is 44.6 Å². The van der Waals surface area contributed by atoms with Gasteiger partial charge in [0.1, 0.15) is 6.33 Å². The second-order valence-electron chi connectivity index (χ2n) is 4.47. The lowest BCUT2D eigenvalue weighted by Crippen LogP contribution is -2.09. The molecule has 1 aliphatic carbocycles. The second-order valence-corrected chi connectivity index (χ2v) is 5.38. The van der Waals surface area contributed by atoms with Crippen LogP contribution in [0.2, 0.25) is 0 Å². The van der Waals surface area contributed by atoms with Gasteiger partial charge in [0.25, 0.3) is 0 Å². The molecule has 0 bridgehead atoms. The Morgan fingerprint density at radius 3 is 2.89 bits per heavy atom. The molecule has 2 aromatic heterocycles. The summed E-state index contributed by atoms with van der Waals surface area (Å²) in [7, 11) is 0. The molecule has 19 heavy (non-hydrogen) atoms. The molecule has 7 heteroatoms. The molecule has 1 aliphatic rings. The third-order valence-electron chi connectivity index (χ3n) is 3.27. The lowest BCUT2D eigenvalue weighted by molar-refractivity contribution is -0.385. The van der Waals surface area contributed by atoms with E-state index in [2.05, 4.69) is 25.9 Å². The maximum atomic E-state index is 11.1. The monoisotopic (exact) mass is 322 g/mol. The highest BCUT2D eigenvalue weighted by atomic mass is 79.9. The van der Waals surface area contributed by atoms with Crippen LogP contribution in [0.1, 0.15) is 24.2 Å². The van der Waals surface area contributed by atoms with Crippen LogP contribution in [0.5, 0.6) is 0 Å². The topological polar surface area (TPSA) is 73.8 Å². The first kappa shape index (κ1) is 12.3.